The number of nitrogens with two attached hydrogens (primary N) is 1. The van der Waals surface area contributed by atoms with E-state index in [0.29, 0.717) is 32.8 Å². The molecule has 0 aromatic heterocycles. The van der Waals surface area contributed by atoms with Crippen molar-refractivity contribution in [3.63, 3.8) is 0 Å². The van der Waals surface area contributed by atoms with Crippen molar-refractivity contribution in [2.24, 2.45) is 5.73 Å². The molecule has 1 heterocycles. The molecule has 0 bridgehead atoms. The number of morpholine rings is 1. The van der Waals surface area contributed by atoms with Gasteiger partial charge in [0.1, 0.15) is 0 Å². The van der Waals surface area contributed by atoms with Crippen molar-refractivity contribution in [3.8, 4) is 0 Å². The van der Waals surface area contributed by atoms with Crippen LogP contribution in [0.1, 0.15) is 12.5 Å². The summed E-state index contributed by atoms with van der Waals surface area (Å²) >= 11 is 0. The van der Waals surface area contributed by atoms with E-state index in [-0.39, 0.29) is 10.8 Å². The van der Waals surface area contributed by atoms with Crippen LogP contribution >= 0.6 is 0 Å². The van der Waals surface area contributed by atoms with Gasteiger partial charge in [-0.15, -0.1) is 0 Å². The van der Waals surface area contributed by atoms with Crippen LogP contribution in [-0.2, 0) is 26.1 Å². The minimum Gasteiger partial charge on any atom is -0.379 e. The summed E-state index contributed by atoms with van der Waals surface area (Å²) in [5.41, 5.74) is 6.27. The van der Waals surface area contributed by atoms with Gasteiger partial charge in [0.05, 0.1) is 24.2 Å². The fourth-order valence-electron chi connectivity index (χ4n) is 2.07. The molecular weight excluding hydrogens is 306 g/mol. The highest BCUT2D eigenvalue weighted by molar-refractivity contribution is 7.89. The Bertz CT molecular complexity index is 607. The van der Waals surface area contributed by atoms with Crippen molar-refractivity contribution in [2.45, 2.75) is 24.4 Å². The molecule has 1 atom stereocenters. The van der Waals surface area contributed by atoms with E-state index >= 15 is 0 Å². The van der Waals surface area contributed by atoms with E-state index in [1.807, 2.05) is 0 Å². The van der Waals surface area contributed by atoms with Gasteiger partial charge < -0.3 is 15.8 Å². The number of benzene rings is 1. The predicted octanol–water partition coefficient (Wildman–Crippen LogP) is -0.329. The first-order chi connectivity index (χ1) is 10.4. The van der Waals surface area contributed by atoms with E-state index < -0.39 is 16.1 Å². The van der Waals surface area contributed by atoms with E-state index in [2.05, 4.69) is 5.32 Å². The average Bonchev–Trinajstić information content (AvgIpc) is 2.53. The third-order valence-corrected chi connectivity index (χ3v) is 5.32. The number of rotatable bonds is 5. The highest BCUT2D eigenvalue weighted by atomic mass is 32.2. The Hall–Kier alpha value is -1.48. The van der Waals surface area contributed by atoms with Gasteiger partial charge in [0, 0.05) is 19.6 Å². The molecule has 1 aromatic carbocycles. The SMILES string of the molecule is C[C@@H](N)C(=O)NCc1ccc(S(=O)(=O)N2CCOCC2)cc1. The van der Waals surface area contributed by atoms with Gasteiger partial charge in [-0.2, -0.15) is 4.31 Å². The van der Waals surface area contributed by atoms with Crippen molar-refractivity contribution >= 4 is 15.9 Å². The van der Waals surface area contributed by atoms with Crippen LogP contribution in [0.5, 0.6) is 0 Å². The van der Waals surface area contributed by atoms with Gasteiger partial charge in [0.2, 0.25) is 15.9 Å². The summed E-state index contributed by atoms with van der Waals surface area (Å²) in [6, 6.07) is 5.92. The Balaban J connectivity index is 2.03. The fourth-order valence-corrected chi connectivity index (χ4v) is 3.47. The summed E-state index contributed by atoms with van der Waals surface area (Å²) < 4.78 is 31.5. The largest absolute Gasteiger partial charge is 0.379 e. The van der Waals surface area contributed by atoms with Gasteiger partial charge in [-0.05, 0) is 24.6 Å². The minimum atomic E-state index is -3.48. The molecule has 0 radical (unpaired) electrons. The fraction of sp³-hybridized carbons (Fsp3) is 0.500. The highest BCUT2D eigenvalue weighted by Crippen LogP contribution is 2.17. The van der Waals surface area contributed by atoms with E-state index in [0.717, 1.165) is 5.56 Å². The molecule has 3 N–H and O–H groups in total. The van der Waals surface area contributed by atoms with Crippen molar-refractivity contribution in [3.05, 3.63) is 29.8 Å². The molecule has 1 aliphatic heterocycles. The Labute approximate surface area is 130 Å². The molecule has 8 heteroatoms. The lowest BCUT2D eigenvalue weighted by Crippen LogP contribution is -2.40. The predicted molar refractivity (Wildman–Crippen MR) is 81.5 cm³/mol. The molecule has 1 fully saturated rings. The number of hydrogen-bond acceptors (Lipinski definition) is 5. The molecule has 7 nitrogen and oxygen atoms in total. The zero-order valence-electron chi connectivity index (χ0n) is 12.5. The summed E-state index contributed by atoms with van der Waals surface area (Å²) in [5.74, 6) is -0.245. The van der Waals surface area contributed by atoms with Crippen LogP contribution in [0.25, 0.3) is 0 Å². The van der Waals surface area contributed by atoms with E-state index in [9.17, 15) is 13.2 Å². The molecule has 0 unspecified atom stereocenters. The summed E-state index contributed by atoms with van der Waals surface area (Å²) in [4.78, 5) is 11.6. The number of hydrogen-bond donors (Lipinski definition) is 2. The van der Waals surface area contributed by atoms with Crippen LogP contribution in [0.3, 0.4) is 0 Å². The monoisotopic (exact) mass is 327 g/mol. The standard InChI is InChI=1S/C14H21N3O4S/c1-11(15)14(18)16-10-12-2-4-13(5-3-12)22(19,20)17-6-8-21-9-7-17/h2-5,11H,6-10,15H2,1H3,(H,16,18)/t11-/m1/s1. The van der Waals surface area contributed by atoms with Gasteiger partial charge in [0.15, 0.2) is 0 Å². The van der Waals surface area contributed by atoms with Gasteiger partial charge in [-0.25, -0.2) is 8.42 Å². The van der Waals surface area contributed by atoms with Crippen LogP contribution in [-0.4, -0.2) is 51.0 Å². The van der Waals surface area contributed by atoms with Crippen LogP contribution in [0, 0.1) is 0 Å². The normalized spacial score (nSPS) is 17.9. The third-order valence-electron chi connectivity index (χ3n) is 3.41. The van der Waals surface area contributed by atoms with E-state index in [1.54, 1.807) is 31.2 Å². The summed E-state index contributed by atoms with van der Waals surface area (Å²) in [6.07, 6.45) is 0. The molecule has 1 amide bonds. The number of carbonyl (C=O) groups excluding carboxylic acids is 1. The smallest absolute Gasteiger partial charge is 0.243 e. The maximum atomic E-state index is 12.4. The lowest BCUT2D eigenvalue weighted by atomic mass is 10.2. The zero-order chi connectivity index (χ0) is 16.2. The Morgan fingerprint density at radius 2 is 1.91 bits per heavy atom. The highest BCUT2D eigenvalue weighted by Gasteiger charge is 2.26. The number of amides is 1. The van der Waals surface area contributed by atoms with Crippen LogP contribution in [0.4, 0.5) is 0 Å². The lowest BCUT2D eigenvalue weighted by Gasteiger charge is -2.26. The van der Waals surface area contributed by atoms with E-state index in [1.165, 1.54) is 4.31 Å². The van der Waals surface area contributed by atoms with Crippen LogP contribution in [0.2, 0.25) is 0 Å². The first-order valence-corrected chi connectivity index (χ1v) is 8.55. The molecule has 2 rings (SSSR count). The quantitative estimate of drug-likeness (QED) is 0.771. The van der Waals surface area contributed by atoms with Gasteiger partial charge in [-0.1, -0.05) is 12.1 Å². The Morgan fingerprint density at radius 3 is 2.45 bits per heavy atom. The van der Waals surface area contributed by atoms with Crippen molar-refractivity contribution in [1.82, 2.24) is 9.62 Å². The second-order valence-electron chi connectivity index (χ2n) is 5.17. The topological polar surface area (TPSA) is 102 Å². The molecule has 0 aliphatic carbocycles. The Morgan fingerprint density at radius 1 is 1.32 bits per heavy atom. The van der Waals surface area contributed by atoms with Crippen LogP contribution in [0.15, 0.2) is 29.2 Å². The lowest BCUT2D eigenvalue weighted by molar-refractivity contribution is -0.122. The molecule has 1 saturated heterocycles. The van der Waals surface area contributed by atoms with Crippen molar-refractivity contribution in [2.75, 3.05) is 26.3 Å². The first kappa shape index (κ1) is 16.9. The number of nitrogens with zero attached hydrogens (tertiary/aromatic N) is 1. The second kappa shape index (κ2) is 7.19. The third kappa shape index (κ3) is 4.04. The van der Waals surface area contributed by atoms with E-state index in [4.69, 9.17) is 10.5 Å². The summed E-state index contributed by atoms with van der Waals surface area (Å²) in [6.45, 7) is 3.50. The number of sulfonamides is 1. The molecule has 122 valence electrons. The number of ether oxygens (including phenoxy) is 1. The summed E-state index contributed by atoms with van der Waals surface area (Å²) in [7, 11) is -3.48. The minimum absolute atomic E-state index is 0.245. The molecule has 0 saturated carbocycles. The van der Waals surface area contributed by atoms with Crippen molar-refractivity contribution < 1.29 is 17.9 Å². The van der Waals surface area contributed by atoms with Crippen LogP contribution < -0.4 is 11.1 Å². The Kier molecular flexibility index (Phi) is 5.52. The van der Waals surface area contributed by atoms with Gasteiger partial charge in [0.25, 0.3) is 0 Å². The van der Waals surface area contributed by atoms with Crippen molar-refractivity contribution in [1.29, 1.82) is 0 Å². The van der Waals surface area contributed by atoms with Gasteiger partial charge >= 0.3 is 0 Å². The molecule has 1 aliphatic rings. The molecule has 0 spiro atoms. The molecular formula is C14H21N3O4S. The average molecular weight is 327 g/mol. The zero-order valence-corrected chi connectivity index (χ0v) is 13.3. The first-order valence-electron chi connectivity index (χ1n) is 7.11. The molecule has 22 heavy (non-hydrogen) atoms. The maximum absolute atomic E-state index is 12.4. The van der Waals surface area contributed by atoms with Gasteiger partial charge in [-0.3, -0.25) is 4.79 Å². The number of carbonyl (C=O) groups is 1. The second-order valence-corrected chi connectivity index (χ2v) is 7.10. The number of nitrogens with one attached hydrogen (secondary N) is 1. The summed E-state index contributed by atoms with van der Waals surface area (Å²) in [5, 5.41) is 2.68. The maximum Gasteiger partial charge on any atom is 0.243 e. The molecule has 1 aromatic rings.